The molecule has 21 heavy (non-hydrogen) atoms. The zero-order valence-electron chi connectivity index (χ0n) is 12.6. The van der Waals surface area contributed by atoms with Gasteiger partial charge >= 0.3 is 0 Å². The Morgan fingerprint density at radius 2 is 1.81 bits per heavy atom. The van der Waals surface area contributed by atoms with Gasteiger partial charge in [0.2, 0.25) is 5.95 Å². The van der Waals surface area contributed by atoms with Crippen LogP contribution >= 0.6 is 0 Å². The molecule has 2 aliphatic rings. The van der Waals surface area contributed by atoms with Crippen LogP contribution < -0.4 is 5.32 Å². The van der Waals surface area contributed by atoms with E-state index in [9.17, 15) is 4.79 Å². The summed E-state index contributed by atoms with van der Waals surface area (Å²) in [5.41, 5.74) is 0.519. The van der Waals surface area contributed by atoms with E-state index < -0.39 is 0 Å². The number of piperidine rings is 1. The molecule has 2 heterocycles. The van der Waals surface area contributed by atoms with Crippen LogP contribution in [0.15, 0.2) is 12.3 Å². The van der Waals surface area contributed by atoms with Crippen molar-refractivity contribution >= 4 is 11.9 Å². The summed E-state index contributed by atoms with van der Waals surface area (Å²) in [4.78, 5) is 23.1. The number of nitrogens with one attached hydrogen (secondary N) is 1. The highest BCUT2D eigenvalue weighted by atomic mass is 16.2. The first-order valence-corrected chi connectivity index (χ1v) is 8.22. The van der Waals surface area contributed by atoms with E-state index >= 15 is 0 Å². The molecule has 1 aliphatic carbocycles. The Morgan fingerprint density at radius 1 is 1.10 bits per heavy atom. The molecule has 0 spiro atoms. The summed E-state index contributed by atoms with van der Waals surface area (Å²) in [7, 11) is 0. The van der Waals surface area contributed by atoms with Crippen LogP contribution in [0.5, 0.6) is 0 Å². The summed E-state index contributed by atoms with van der Waals surface area (Å²) >= 11 is 0. The second kappa shape index (κ2) is 6.87. The van der Waals surface area contributed by atoms with Crippen LogP contribution in [0.1, 0.15) is 61.9 Å². The van der Waals surface area contributed by atoms with Gasteiger partial charge in [0.1, 0.15) is 5.69 Å². The molecule has 0 bridgehead atoms. The zero-order chi connectivity index (χ0) is 14.5. The molecule has 3 rings (SSSR count). The number of likely N-dealkylation sites (tertiary alicyclic amines) is 1. The molecule has 5 nitrogen and oxygen atoms in total. The summed E-state index contributed by atoms with van der Waals surface area (Å²) in [6, 6.07) is 2.18. The van der Waals surface area contributed by atoms with Crippen molar-refractivity contribution in [2.24, 2.45) is 0 Å². The Bertz CT molecular complexity index is 479. The molecule has 0 atom stereocenters. The van der Waals surface area contributed by atoms with Gasteiger partial charge in [-0.2, -0.15) is 0 Å². The van der Waals surface area contributed by atoms with Gasteiger partial charge in [-0.15, -0.1) is 0 Å². The monoisotopic (exact) mass is 288 g/mol. The average Bonchev–Trinajstić information content (AvgIpc) is 2.56. The van der Waals surface area contributed by atoms with E-state index in [1.807, 2.05) is 4.90 Å². The molecule has 114 valence electrons. The predicted octanol–water partition coefficient (Wildman–Crippen LogP) is 2.85. The van der Waals surface area contributed by atoms with Crippen molar-refractivity contribution in [3.05, 3.63) is 18.0 Å². The standard InChI is InChI=1S/C16H24N4O/c21-15(20-11-5-2-6-12-20)14-9-10-17-16(19-14)18-13-7-3-1-4-8-13/h9-10,13H,1-8,11-12H2,(H,17,18,19). The van der Waals surface area contributed by atoms with E-state index in [0.717, 1.165) is 25.9 Å². The van der Waals surface area contributed by atoms with Crippen molar-refractivity contribution in [2.75, 3.05) is 18.4 Å². The van der Waals surface area contributed by atoms with Crippen LogP contribution in [-0.4, -0.2) is 39.9 Å². The van der Waals surface area contributed by atoms with E-state index in [-0.39, 0.29) is 5.91 Å². The van der Waals surface area contributed by atoms with Gasteiger partial charge in [-0.3, -0.25) is 4.79 Å². The fourth-order valence-electron chi connectivity index (χ4n) is 3.24. The number of hydrogen-bond acceptors (Lipinski definition) is 4. The Labute approximate surface area is 126 Å². The molecule has 0 unspecified atom stereocenters. The largest absolute Gasteiger partial charge is 0.351 e. The normalized spacial score (nSPS) is 20.3. The summed E-state index contributed by atoms with van der Waals surface area (Å²) in [6.07, 6.45) is 11.3. The molecule has 1 aromatic rings. The van der Waals surface area contributed by atoms with E-state index in [0.29, 0.717) is 17.7 Å². The third kappa shape index (κ3) is 3.71. The summed E-state index contributed by atoms with van der Waals surface area (Å²) in [6.45, 7) is 1.71. The van der Waals surface area contributed by atoms with E-state index in [1.54, 1.807) is 12.3 Å². The summed E-state index contributed by atoms with van der Waals surface area (Å²) < 4.78 is 0. The number of carbonyl (C=O) groups is 1. The zero-order valence-corrected chi connectivity index (χ0v) is 12.6. The number of nitrogens with zero attached hydrogens (tertiary/aromatic N) is 3. The van der Waals surface area contributed by atoms with Crippen LogP contribution in [0.3, 0.4) is 0 Å². The number of aromatic nitrogens is 2. The van der Waals surface area contributed by atoms with Crippen molar-refractivity contribution in [1.82, 2.24) is 14.9 Å². The first-order valence-electron chi connectivity index (χ1n) is 8.22. The Hall–Kier alpha value is -1.65. The Kier molecular flexibility index (Phi) is 4.68. The number of carbonyl (C=O) groups excluding carboxylic acids is 1. The lowest BCUT2D eigenvalue weighted by atomic mass is 9.96. The molecular weight excluding hydrogens is 264 g/mol. The number of rotatable bonds is 3. The molecule has 2 fully saturated rings. The molecule has 1 saturated heterocycles. The topological polar surface area (TPSA) is 58.1 Å². The van der Waals surface area contributed by atoms with E-state index in [1.165, 1.54) is 38.5 Å². The highest BCUT2D eigenvalue weighted by Gasteiger charge is 2.20. The maximum absolute atomic E-state index is 12.5. The molecule has 0 radical (unpaired) electrons. The highest BCUT2D eigenvalue weighted by molar-refractivity contribution is 5.92. The summed E-state index contributed by atoms with van der Waals surface area (Å²) in [5.74, 6) is 0.647. The molecule has 1 aromatic heterocycles. The van der Waals surface area contributed by atoms with Crippen LogP contribution in [-0.2, 0) is 0 Å². The van der Waals surface area contributed by atoms with Gasteiger partial charge in [0.15, 0.2) is 0 Å². The van der Waals surface area contributed by atoms with Gasteiger partial charge in [0, 0.05) is 25.3 Å². The van der Waals surface area contributed by atoms with Crippen molar-refractivity contribution in [3.8, 4) is 0 Å². The number of hydrogen-bond donors (Lipinski definition) is 1. The molecule has 0 aromatic carbocycles. The van der Waals surface area contributed by atoms with Gasteiger partial charge in [-0.1, -0.05) is 19.3 Å². The van der Waals surface area contributed by atoms with E-state index in [4.69, 9.17) is 0 Å². The summed E-state index contributed by atoms with van der Waals surface area (Å²) in [5, 5.41) is 3.39. The maximum atomic E-state index is 12.5. The lowest BCUT2D eigenvalue weighted by molar-refractivity contribution is 0.0718. The molecular formula is C16H24N4O. The number of amides is 1. The van der Waals surface area contributed by atoms with Crippen molar-refractivity contribution < 1.29 is 4.79 Å². The van der Waals surface area contributed by atoms with Gasteiger partial charge < -0.3 is 10.2 Å². The van der Waals surface area contributed by atoms with Crippen molar-refractivity contribution in [3.63, 3.8) is 0 Å². The van der Waals surface area contributed by atoms with Crippen LogP contribution in [0.25, 0.3) is 0 Å². The average molecular weight is 288 g/mol. The Balaban J connectivity index is 1.65. The first-order chi connectivity index (χ1) is 10.3. The van der Waals surface area contributed by atoms with Gasteiger partial charge in [0.25, 0.3) is 5.91 Å². The van der Waals surface area contributed by atoms with Crippen molar-refractivity contribution in [2.45, 2.75) is 57.4 Å². The first kappa shape index (κ1) is 14.3. The fourth-order valence-corrected chi connectivity index (χ4v) is 3.24. The minimum atomic E-state index is 0.0452. The quantitative estimate of drug-likeness (QED) is 0.929. The van der Waals surface area contributed by atoms with Gasteiger partial charge in [-0.25, -0.2) is 9.97 Å². The predicted molar refractivity (Wildman–Crippen MR) is 82.3 cm³/mol. The van der Waals surface area contributed by atoms with Gasteiger partial charge in [0.05, 0.1) is 0 Å². The third-order valence-corrected chi connectivity index (χ3v) is 4.46. The molecule has 5 heteroatoms. The number of anilines is 1. The molecule has 1 N–H and O–H groups in total. The smallest absolute Gasteiger partial charge is 0.272 e. The highest BCUT2D eigenvalue weighted by Crippen LogP contribution is 2.20. The van der Waals surface area contributed by atoms with Crippen LogP contribution in [0, 0.1) is 0 Å². The Morgan fingerprint density at radius 3 is 2.57 bits per heavy atom. The second-order valence-electron chi connectivity index (χ2n) is 6.10. The lowest BCUT2D eigenvalue weighted by Crippen LogP contribution is -2.36. The minimum Gasteiger partial charge on any atom is -0.351 e. The molecule has 1 aliphatic heterocycles. The lowest BCUT2D eigenvalue weighted by Gasteiger charge is -2.26. The SMILES string of the molecule is O=C(c1ccnc(NC2CCCCC2)n1)N1CCCCC1. The van der Waals surface area contributed by atoms with Crippen molar-refractivity contribution in [1.29, 1.82) is 0 Å². The molecule has 1 amide bonds. The minimum absolute atomic E-state index is 0.0452. The second-order valence-corrected chi connectivity index (χ2v) is 6.10. The third-order valence-electron chi connectivity index (χ3n) is 4.46. The van der Waals surface area contributed by atoms with E-state index in [2.05, 4.69) is 15.3 Å². The van der Waals surface area contributed by atoms with Crippen LogP contribution in [0.2, 0.25) is 0 Å². The van der Waals surface area contributed by atoms with Crippen LogP contribution in [0.4, 0.5) is 5.95 Å². The van der Waals surface area contributed by atoms with Gasteiger partial charge in [-0.05, 0) is 38.2 Å². The molecule has 1 saturated carbocycles. The fraction of sp³-hybridized carbons (Fsp3) is 0.688. The maximum Gasteiger partial charge on any atom is 0.272 e.